The van der Waals surface area contributed by atoms with Crippen LogP contribution in [0.4, 0.5) is 0 Å². The first-order valence-electron chi connectivity index (χ1n) is 7.79. The van der Waals surface area contributed by atoms with Gasteiger partial charge in [-0.1, -0.05) is 13.3 Å². The molecule has 114 valence electrons. The van der Waals surface area contributed by atoms with Crippen LogP contribution in [0.1, 0.15) is 50.8 Å². The fourth-order valence-electron chi connectivity index (χ4n) is 2.69. The summed E-state index contributed by atoms with van der Waals surface area (Å²) in [5.74, 6) is 0.115. The molecule has 21 heavy (non-hydrogen) atoms. The van der Waals surface area contributed by atoms with Crippen molar-refractivity contribution in [3.05, 3.63) is 18.0 Å². The second-order valence-corrected chi connectivity index (χ2v) is 5.94. The van der Waals surface area contributed by atoms with E-state index in [4.69, 9.17) is 0 Å². The summed E-state index contributed by atoms with van der Waals surface area (Å²) >= 11 is 0. The van der Waals surface area contributed by atoms with Crippen LogP contribution in [0.15, 0.2) is 12.3 Å². The quantitative estimate of drug-likeness (QED) is 0.887. The number of carbonyl (C=O) groups excluding carboxylic acids is 2. The minimum atomic E-state index is -0.394. The Kier molecular flexibility index (Phi) is 3.94. The molecule has 1 aromatic rings. The fraction of sp³-hybridized carbons (Fsp3) is 0.667. The van der Waals surface area contributed by atoms with Gasteiger partial charge in [0.1, 0.15) is 6.04 Å². The zero-order valence-electron chi connectivity index (χ0n) is 12.4. The van der Waals surface area contributed by atoms with Gasteiger partial charge in [0.25, 0.3) is 0 Å². The number of rotatable bonds is 5. The standard InChI is InChI=1S/C15H22N4O2/c1-2-3-4-14(20)18-9-12-7-8-16-19(12)13(10-18)15(21)17-11-5-6-11/h7-8,11,13H,2-6,9-10H2,1H3,(H,17,21). The molecule has 0 saturated heterocycles. The van der Waals surface area contributed by atoms with Gasteiger partial charge in [-0.3, -0.25) is 14.3 Å². The van der Waals surface area contributed by atoms with Gasteiger partial charge < -0.3 is 10.2 Å². The number of aromatic nitrogens is 2. The van der Waals surface area contributed by atoms with Crippen LogP contribution in [0.2, 0.25) is 0 Å². The summed E-state index contributed by atoms with van der Waals surface area (Å²) in [5.41, 5.74) is 0.932. The monoisotopic (exact) mass is 290 g/mol. The van der Waals surface area contributed by atoms with Crippen molar-refractivity contribution in [3.8, 4) is 0 Å². The van der Waals surface area contributed by atoms with Gasteiger partial charge >= 0.3 is 0 Å². The molecule has 2 amide bonds. The van der Waals surface area contributed by atoms with Crippen molar-refractivity contribution in [2.24, 2.45) is 0 Å². The average Bonchev–Trinajstić information content (AvgIpc) is 3.16. The van der Waals surface area contributed by atoms with Gasteiger partial charge in [0.2, 0.25) is 11.8 Å². The maximum absolute atomic E-state index is 12.4. The molecule has 1 fully saturated rings. The average molecular weight is 290 g/mol. The van der Waals surface area contributed by atoms with Crippen LogP contribution >= 0.6 is 0 Å². The van der Waals surface area contributed by atoms with Gasteiger partial charge in [-0.25, -0.2) is 0 Å². The third-order valence-corrected chi connectivity index (χ3v) is 4.12. The number of nitrogens with one attached hydrogen (secondary N) is 1. The Morgan fingerprint density at radius 3 is 2.95 bits per heavy atom. The van der Waals surface area contributed by atoms with E-state index in [0.717, 1.165) is 31.4 Å². The lowest BCUT2D eigenvalue weighted by Gasteiger charge is -2.33. The largest absolute Gasteiger partial charge is 0.351 e. The number of carbonyl (C=O) groups is 2. The smallest absolute Gasteiger partial charge is 0.246 e. The van der Waals surface area contributed by atoms with Crippen molar-refractivity contribution in [1.82, 2.24) is 20.0 Å². The molecule has 1 atom stereocenters. The molecule has 0 radical (unpaired) electrons. The van der Waals surface area contributed by atoms with Crippen LogP contribution in [0, 0.1) is 0 Å². The van der Waals surface area contributed by atoms with Crippen molar-refractivity contribution in [2.45, 2.75) is 57.7 Å². The molecule has 0 bridgehead atoms. The van der Waals surface area contributed by atoms with Crippen LogP contribution in [-0.2, 0) is 16.1 Å². The first-order valence-corrected chi connectivity index (χ1v) is 7.79. The Hall–Kier alpha value is -1.85. The van der Waals surface area contributed by atoms with Gasteiger partial charge in [0, 0.05) is 18.7 Å². The number of nitrogens with zero attached hydrogens (tertiary/aromatic N) is 3. The van der Waals surface area contributed by atoms with E-state index in [1.165, 1.54) is 0 Å². The molecule has 6 heteroatoms. The van der Waals surface area contributed by atoms with E-state index in [0.29, 0.717) is 25.6 Å². The van der Waals surface area contributed by atoms with Crippen LogP contribution in [0.25, 0.3) is 0 Å². The molecule has 3 rings (SSSR count). The highest BCUT2D eigenvalue weighted by molar-refractivity contribution is 5.83. The van der Waals surface area contributed by atoms with Gasteiger partial charge in [-0.15, -0.1) is 0 Å². The van der Waals surface area contributed by atoms with Gasteiger partial charge in [0.05, 0.1) is 18.8 Å². The summed E-state index contributed by atoms with van der Waals surface area (Å²) in [5, 5.41) is 7.28. The van der Waals surface area contributed by atoms with E-state index in [9.17, 15) is 9.59 Å². The topological polar surface area (TPSA) is 67.2 Å². The first-order chi connectivity index (χ1) is 10.2. The molecule has 1 unspecified atom stereocenters. The predicted octanol–water partition coefficient (Wildman–Crippen LogP) is 1.24. The third-order valence-electron chi connectivity index (χ3n) is 4.12. The molecule has 1 aliphatic heterocycles. The Morgan fingerprint density at radius 1 is 1.43 bits per heavy atom. The molecular formula is C15H22N4O2. The maximum atomic E-state index is 12.4. The lowest BCUT2D eigenvalue weighted by molar-refractivity contribution is -0.135. The highest BCUT2D eigenvalue weighted by Crippen LogP contribution is 2.24. The van der Waals surface area contributed by atoms with E-state index in [1.54, 1.807) is 15.8 Å². The number of hydrogen-bond acceptors (Lipinski definition) is 3. The summed E-state index contributed by atoms with van der Waals surface area (Å²) in [4.78, 5) is 26.4. The maximum Gasteiger partial charge on any atom is 0.246 e. The molecule has 6 nitrogen and oxygen atoms in total. The first kappa shape index (κ1) is 14.1. The second-order valence-electron chi connectivity index (χ2n) is 5.94. The van der Waals surface area contributed by atoms with Gasteiger partial charge in [-0.05, 0) is 25.3 Å². The van der Waals surface area contributed by atoms with Crippen LogP contribution in [-0.4, -0.2) is 39.1 Å². The molecule has 2 heterocycles. The Morgan fingerprint density at radius 2 is 2.24 bits per heavy atom. The van der Waals surface area contributed by atoms with Crippen molar-refractivity contribution < 1.29 is 9.59 Å². The molecular weight excluding hydrogens is 268 g/mol. The van der Waals surface area contributed by atoms with E-state index < -0.39 is 6.04 Å². The lowest BCUT2D eigenvalue weighted by atomic mass is 10.1. The molecule has 1 saturated carbocycles. The predicted molar refractivity (Wildman–Crippen MR) is 77.4 cm³/mol. The van der Waals surface area contributed by atoms with Crippen LogP contribution < -0.4 is 5.32 Å². The molecule has 1 N–H and O–H groups in total. The summed E-state index contributed by atoms with van der Waals surface area (Å²) in [7, 11) is 0. The molecule has 1 aromatic heterocycles. The molecule has 0 spiro atoms. The van der Waals surface area contributed by atoms with Gasteiger partial charge in [0.15, 0.2) is 0 Å². The summed E-state index contributed by atoms with van der Waals surface area (Å²) in [6, 6.07) is 1.81. The van der Waals surface area contributed by atoms with E-state index >= 15 is 0 Å². The van der Waals surface area contributed by atoms with Crippen molar-refractivity contribution in [1.29, 1.82) is 0 Å². The molecule has 0 aromatic carbocycles. The Bertz CT molecular complexity index is 536. The highest BCUT2D eigenvalue weighted by atomic mass is 16.2. The van der Waals surface area contributed by atoms with Crippen molar-refractivity contribution in [3.63, 3.8) is 0 Å². The summed E-state index contributed by atoms with van der Waals surface area (Å²) < 4.78 is 1.77. The van der Waals surface area contributed by atoms with E-state index in [1.807, 2.05) is 6.07 Å². The minimum Gasteiger partial charge on any atom is -0.351 e. The third kappa shape index (κ3) is 3.09. The molecule has 1 aliphatic carbocycles. The Balaban J connectivity index is 1.73. The number of amides is 2. The highest BCUT2D eigenvalue weighted by Gasteiger charge is 2.35. The zero-order valence-corrected chi connectivity index (χ0v) is 12.4. The SMILES string of the molecule is CCCCC(=O)N1Cc2ccnn2C(C(=O)NC2CC2)C1. The van der Waals surface area contributed by atoms with Gasteiger partial charge in [-0.2, -0.15) is 5.10 Å². The number of unbranched alkanes of at least 4 members (excludes halogenated alkanes) is 1. The summed E-state index contributed by atoms with van der Waals surface area (Å²) in [6.45, 7) is 3.05. The number of fused-ring (bicyclic) bond motifs is 1. The number of hydrogen-bond donors (Lipinski definition) is 1. The van der Waals surface area contributed by atoms with Crippen molar-refractivity contribution >= 4 is 11.8 Å². The zero-order chi connectivity index (χ0) is 14.8. The van der Waals surface area contributed by atoms with E-state index in [-0.39, 0.29) is 11.8 Å². The van der Waals surface area contributed by atoms with Crippen LogP contribution in [0.5, 0.6) is 0 Å². The second kappa shape index (κ2) is 5.87. The van der Waals surface area contributed by atoms with E-state index in [2.05, 4.69) is 17.3 Å². The minimum absolute atomic E-state index is 0.0181. The normalized spacial score (nSPS) is 21.0. The Labute approximate surface area is 124 Å². The van der Waals surface area contributed by atoms with Crippen LogP contribution in [0.3, 0.4) is 0 Å². The lowest BCUT2D eigenvalue weighted by Crippen LogP contribution is -2.47. The van der Waals surface area contributed by atoms with Crippen molar-refractivity contribution in [2.75, 3.05) is 6.54 Å². The summed E-state index contributed by atoms with van der Waals surface area (Å²) in [6.07, 6.45) is 6.28. The fourth-order valence-corrected chi connectivity index (χ4v) is 2.69. The molecule has 2 aliphatic rings.